The third-order valence-electron chi connectivity index (χ3n) is 3.80. The SMILES string of the molecule is CCOc1cc(C=Nn2c(=O)[nH]c3ccccc3c2=O)c(Br)c(Cl)c1OC(C)=O. The molecule has 0 bridgehead atoms. The van der Waals surface area contributed by atoms with Crippen LogP contribution in [0.15, 0.2) is 49.5 Å². The summed E-state index contributed by atoms with van der Waals surface area (Å²) in [6.45, 7) is 3.30. The van der Waals surface area contributed by atoms with Crippen LogP contribution in [0.25, 0.3) is 10.9 Å². The zero-order chi connectivity index (χ0) is 21.1. The lowest BCUT2D eigenvalue weighted by molar-refractivity contribution is -0.132. The molecule has 0 aliphatic carbocycles. The second-order valence-electron chi connectivity index (χ2n) is 5.78. The molecule has 0 aliphatic heterocycles. The van der Waals surface area contributed by atoms with Crippen molar-refractivity contribution in [3.05, 3.63) is 66.2 Å². The number of halogens is 2. The predicted molar refractivity (Wildman–Crippen MR) is 113 cm³/mol. The molecular weight excluding hydrogens is 466 g/mol. The Hall–Kier alpha value is -2.91. The highest BCUT2D eigenvalue weighted by Gasteiger charge is 2.19. The molecule has 0 aliphatic rings. The zero-order valence-electron chi connectivity index (χ0n) is 15.4. The first kappa shape index (κ1) is 20.8. The number of nitrogens with zero attached hydrogens (tertiary/aromatic N) is 2. The van der Waals surface area contributed by atoms with Gasteiger partial charge in [-0.05, 0) is 41.1 Å². The van der Waals surface area contributed by atoms with Crippen LogP contribution in [0.2, 0.25) is 5.02 Å². The maximum atomic E-state index is 12.6. The van der Waals surface area contributed by atoms with Crippen molar-refractivity contribution in [1.29, 1.82) is 0 Å². The smallest absolute Gasteiger partial charge is 0.349 e. The number of hydrogen-bond acceptors (Lipinski definition) is 6. The standard InChI is InChI=1S/C19H15BrClN3O5/c1-3-28-14-8-11(15(20)16(21)17(14)29-10(2)25)9-22-24-18(26)12-6-4-5-7-13(12)23-19(24)27/h4-9H,3H2,1-2H3,(H,23,27). The molecule has 0 atom stereocenters. The maximum absolute atomic E-state index is 12.6. The Morgan fingerprint density at radius 3 is 2.76 bits per heavy atom. The molecule has 0 fully saturated rings. The van der Waals surface area contributed by atoms with E-state index < -0.39 is 17.2 Å². The van der Waals surface area contributed by atoms with Crippen LogP contribution in [0, 0.1) is 0 Å². The minimum absolute atomic E-state index is 0.0609. The Bertz CT molecular complexity index is 1250. The number of nitrogens with one attached hydrogen (secondary N) is 1. The molecule has 0 amide bonds. The molecule has 10 heteroatoms. The molecule has 2 aromatic carbocycles. The fourth-order valence-electron chi connectivity index (χ4n) is 2.58. The van der Waals surface area contributed by atoms with Crippen LogP contribution in [-0.4, -0.2) is 28.5 Å². The number of hydrogen-bond donors (Lipinski definition) is 1. The molecule has 1 aromatic heterocycles. The molecule has 3 rings (SSSR count). The number of esters is 1. The van der Waals surface area contributed by atoms with Crippen LogP contribution >= 0.6 is 27.5 Å². The minimum atomic E-state index is -0.686. The molecule has 29 heavy (non-hydrogen) atoms. The Labute approximate surface area is 177 Å². The molecule has 1 heterocycles. The number of carbonyl (C=O) groups is 1. The highest BCUT2D eigenvalue weighted by atomic mass is 79.9. The summed E-state index contributed by atoms with van der Waals surface area (Å²) >= 11 is 9.62. The lowest BCUT2D eigenvalue weighted by atomic mass is 10.2. The topological polar surface area (TPSA) is 103 Å². The Morgan fingerprint density at radius 2 is 2.07 bits per heavy atom. The summed E-state index contributed by atoms with van der Waals surface area (Å²) < 4.78 is 11.7. The number of rotatable bonds is 5. The number of benzene rings is 2. The van der Waals surface area contributed by atoms with Crippen molar-refractivity contribution in [2.24, 2.45) is 5.10 Å². The monoisotopic (exact) mass is 479 g/mol. The van der Waals surface area contributed by atoms with Gasteiger partial charge in [-0.15, -0.1) is 4.68 Å². The minimum Gasteiger partial charge on any atom is -0.490 e. The second kappa shape index (κ2) is 8.62. The summed E-state index contributed by atoms with van der Waals surface area (Å²) in [7, 11) is 0. The summed E-state index contributed by atoms with van der Waals surface area (Å²) in [5, 5.41) is 4.41. The van der Waals surface area contributed by atoms with Crippen molar-refractivity contribution in [1.82, 2.24) is 9.66 Å². The van der Waals surface area contributed by atoms with Crippen molar-refractivity contribution >= 4 is 50.6 Å². The van der Waals surface area contributed by atoms with Gasteiger partial charge in [0.1, 0.15) is 5.02 Å². The van der Waals surface area contributed by atoms with Crippen molar-refractivity contribution in [3.8, 4) is 11.5 Å². The average molecular weight is 481 g/mol. The largest absolute Gasteiger partial charge is 0.490 e. The number of aromatic amines is 1. The number of carbonyl (C=O) groups excluding carboxylic acids is 1. The van der Waals surface area contributed by atoms with Crippen molar-refractivity contribution in [2.75, 3.05) is 6.61 Å². The third-order valence-corrected chi connectivity index (χ3v) is 5.24. The maximum Gasteiger partial charge on any atom is 0.349 e. The van der Waals surface area contributed by atoms with Gasteiger partial charge in [-0.3, -0.25) is 9.59 Å². The van der Waals surface area contributed by atoms with E-state index in [1.54, 1.807) is 31.2 Å². The number of H-pyrrole nitrogens is 1. The Morgan fingerprint density at radius 1 is 1.34 bits per heavy atom. The van der Waals surface area contributed by atoms with E-state index in [4.69, 9.17) is 21.1 Å². The summed E-state index contributed by atoms with van der Waals surface area (Å²) in [5.41, 5.74) is -0.422. The van der Waals surface area contributed by atoms with E-state index in [1.807, 2.05) is 0 Å². The molecule has 0 saturated heterocycles. The van der Waals surface area contributed by atoms with E-state index in [2.05, 4.69) is 26.0 Å². The molecule has 0 saturated carbocycles. The molecule has 150 valence electrons. The molecule has 0 unspecified atom stereocenters. The number of aromatic nitrogens is 2. The van der Waals surface area contributed by atoms with Gasteiger partial charge in [0.15, 0.2) is 11.5 Å². The van der Waals surface area contributed by atoms with Gasteiger partial charge in [0.2, 0.25) is 0 Å². The number of ether oxygens (including phenoxy) is 2. The molecule has 3 aromatic rings. The second-order valence-corrected chi connectivity index (χ2v) is 6.96. The third kappa shape index (κ3) is 4.25. The normalized spacial score (nSPS) is 11.2. The molecule has 0 spiro atoms. The quantitative estimate of drug-likeness (QED) is 0.343. The summed E-state index contributed by atoms with van der Waals surface area (Å²) in [6.07, 6.45) is 1.28. The predicted octanol–water partition coefficient (Wildman–Crippen LogP) is 3.31. The van der Waals surface area contributed by atoms with E-state index in [0.717, 1.165) is 0 Å². The van der Waals surface area contributed by atoms with E-state index in [9.17, 15) is 14.4 Å². The fraction of sp³-hybridized carbons (Fsp3) is 0.158. The number of fused-ring (bicyclic) bond motifs is 1. The van der Waals surface area contributed by atoms with Crippen molar-refractivity contribution < 1.29 is 14.3 Å². The van der Waals surface area contributed by atoms with Gasteiger partial charge in [-0.25, -0.2) is 4.79 Å². The zero-order valence-corrected chi connectivity index (χ0v) is 17.7. The molecule has 1 N–H and O–H groups in total. The number of para-hydroxylation sites is 1. The van der Waals surface area contributed by atoms with Gasteiger partial charge in [-0.2, -0.15) is 5.10 Å². The highest BCUT2D eigenvalue weighted by Crippen LogP contribution is 2.42. The van der Waals surface area contributed by atoms with Crippen LogP contribution in [0.4, 0.5) is 0 Å². The lowest BCUT2D eigenvalue weighted by Crippen LogP contribution is -2.32. The van der Waals surface area contributed by atoms with Crippen molar-refractivity contribution in [3.63, 3.8) is 0 Å². The van der Waals surface area contributed by atoms with Gasteiger partial charge in [0.05, 0.1) is 23.7 Å². The van der Waals surface area contributed by atoms with Crippen LogP contribution in [-0.2, 0) is 4.79 Å². The van der Waals surface area contributed by atoms with Gasteiger partial charge < -0.3 is 14.5 Å². The van der Waals surface area contributed by atoms with E-state index in [-0.39, 0.29) is 16.5 Å². The van der Waals surface area contributed by atoms with E-state index >= 15 is 0 Å². The van der Waals surface area contributed by atoms with Gasteiger partial charge >= 0.3 is 11.7 Å². The highest BCUT2D eigenvalue weighted by molar-refractivity contribution is 9.10. The first-order valence-electron chi connectivity index (χ1n) is 8.45. The Kier molecular flexibility index (Phi) is 6.19. The summed E-state index contributed by atoms with van der Waals surface area (Å²) in [4.78, 5) is 38.8. The fourth-order valence-corrected chi connectivity index (χ4v) is 3.22. The first-order valence-corrected chi connectivity index (χ1v) is 9.62. The van der Waals surface area contributed by atoms with Gasteiger partial charge in [0, 0.05) is 17.0 Å². The van der Waals surface area contributed by atoms with E-state index in [1.165, 1.54) is 19.2 Å². The molecule has 0 radical (unpaired) electrons. The average Bonchev–Trinajstić information content (AvgIpc) is 2.68. The van der Waals surface area contributed by atoms with Gasteiger partial charge in [-0.1, -0.05) is 23.7 Å². The van der Waals surface area contributed by atoms with Crippen molar-refractivity contribution in [2.45, 2.75) is 13.8 Å². The van der Waals surface area contributed by atoms with E-state index in [0.29, 0.717) is 32.2 Å². The van der Waals surface area contributed by atoms with Crippen LogP contribution < -0.4 is 20.7 Å². The van der Waals surface area contributed by atoms with Crippen LogP contribution in [0.1, 0.15) is 19.4 Å². The van der Waals surface area contributed by atoms with Gasteiger partial charge in [0.25, 0.3) is 5.56 Å². The summed E-state index contributed by atoms with van der Waals surface area (Å²) in [5.74, 6) is -0.279. The molecular formula is C19H15BrClN3O5. The molecule has 8 nitrogen and oxygen atoms in total. The van der Waals surface area contributed by atoms with Crippen LogP contribution in [0.3, 0.4) is 0 Å². The Balaban J connectivity index is 2.12. The van der Waals surface area contributed by atoms with Crippen LogP contribution in [0.5, 0.6) is 11.5 Å². The first-order chi connectivity index (χ1) is 13.8. The summed E-state index contributed by atoms with van der Waals surface area (Å²) in [6, 6.07) is 8.15. The lowest BCUT2D eigenvalue weighted by Gasteiger charge is -2.14.